The molecule has 120 valence electrons. The number of aliphatic hydroxyl groups is 2. The molecule has 3 nitrogen and oxygen atoms in total. The van der Waals surface area contributed by atoms with Gasteiger partial charge in [-0.25, -0.2) is 0 Å². The van der Waals surface area contributed by atoms with Gasteiger partial charge in [-0.3, -0.25) is 4.79 Å². The van der Waals surface area contributed by atoms with E-state index in [0.29, 0.717) is 36.7 Å². The van der Waals surface area contributed by atoms with Gasteiger partial charge < -0.3 is 10.2 Å². The Balaban J connectivity index is 1.80. The number of Topliss-reactive ketones (excluding diaryl/α,β-unsaturated/α-hetero) is 1. The fourth-order valence-corrected chi connectivity index (χ4v) is 6.02. The fourth-order valence-electron chi connectivity index (χ4n) is 6.02. The van der Waals surface area contributed by atoms with Crippen molar-refractivity contribution in [2.75, 3.05) is 0 Å². The molecule has 0 amide bonds. The first kappa shape index (κ1) is 14.5. The van der Waals surface area contributed by atoms with E-state index in [2.05, 4.69) is 19.9 Å². The molecule has 0 spiro atoms. The Kier molecular flexibility index (Phi) is 2.80. The molecule has 2 fully saturated rings. The first-order valence-corrected chi connectivity index (χ1v) is 8.67. The summed E-state index contributed by atoms with van der Waals surface area (Å²) in [5, 5.41) is 21.6. The molecule has 3 heteroatoms. The first-order valence-electron chi connectivity index (χ1n) is 8.67. The van der Waals surface area contributed by atoms with E-state index in [1.165, 1.54) is 0 Å². The van der Waals surface area contributed by atoms with Crippen LogP contribution in [-0.4, -0.2) is 21.6 Å². The molecule has 2 saturated carbocycles. The normalized spacial score (nSPS) is 50.6. The molecular weight excluding hydrogens is 276 g/mol. The lowest BCUT2D eigenvalue weighted by Gasteiger charge is -2.60. The number of hydrogen-bond acceptors (Lipinski definition) is 3. The second-order valence-electron chi connectivity index (χ2n) is 8.38. The van der Waals surface area contributed by atoms with Gasteiger partial charge in [0.25, 0.3) is 0 Å². The van der Waals surface area contributed by atoms with E-state index in [-0.39, 0.29) is 16.7 Å². The predicted octanol–water partition coefficient (Wildman–Crippen LogP) is 3.69. The Morgan fingerprint density at radius 1 is 1.14 bits per heavy atom. The molecule has 0 aromatic carbocycles. The van der Waals surface area contributed by atoms with Crippen LogP contribution in [0.5, 0.6) is 0 Å². The molecule has 0 unspecified atom stereocenters. The van der Waals surface area contributed by atoms with Crippen LogP contribution in [0.2, 0.25) is 0 Å². The summed E-state index contributed by atoms with van der Waals surface area (Å²) in [5.74, 6) is 1.33. The third-order valence-electron chi connectivity index (χ3n) is 7.65. The number of allylic oxidation sites excluding steroid dienone is 3. The van der Waals surface area contributed by atoms with Crippen molar-refractivity contribution >= 4 is 5.78 Å². The van der Waals surface area contributed by atoms with Crippen molar-refractivity contribution in [2.45, 2.75) is 64.4 Å². The zero-order chi connectivity index (χ0) is 15.8. The Hall–Kier alpha value is -1.09. The van der Waals surface area contributed by atoms with E-state index < -0.39 is 5.60 Å². The van der Waals surface area contributed by atoms with Crippen LogP contribution in [-0.2, 0) is 4.79 Å². The Labute approximate surface area is 132 Å². The number of carbonyl (C=O) groups excluding carboxylic acids is 1. The minimum atomic E-state index is -0.733. The highest BCUT2D eigenvalue weighted by atomic mass is 16.3. The third-order valence-corrected chi connectivity index (χ3v) is 7.65. The SMILES string of the molecule is C[C@]12CCC(O)=CC1=CC[C@H]1[C@@H]3CCC(=O)[C@@]3(C)CC[C@@]12O. The van der Waals surface area contributed by atoms with E-state index >= 15 is 0 Å². The van der Waals surface area contributed by atoms with Crippen molar-refractivity contribution in [2.24, 2.45) is 22.7 Å². The molecule has 0 saturated heterocycles. The van der Waals surface area contributed by atoms with Crippen LogP contribution >= 0.6 is 0 Å². The van der Waals surface area contributed by atoms with Crippen LogP contribution in [0.3, 0.4) is 0 Å². The molecular formula is C19H26O3. The summed E-state index contributed by atoms with van der Waals surface area (Å²) >= 11 is 0. The second kappa shape index (κ2) is 4.25. The van der Waals surface area contributed by atoms with Gasteiger partial charge in [-0.15, -0.1) is 0 Å². The summed E-state index contributed by atoms with van der Waals surface area (Å²) in [7, 11) is 0. The van der Waals surface area contributed by atoms with Gasteiger partial charge in [-0.05, 0) is 55.6 Å². The molecule has 0 heterocycles. The second-order valence-corrected chi connectivity index (χ2v) is 8.38. The molecule has 4 aliphatic rings. The van der Waals surface area contributed by atoms with Gasteiger partial charge in [-0.1, -0.05) is 19.9 Å². The highest BCUT2D eigenvalue weighted by molar-refractivity contribution is 5.87. The number of ketones is 1. The Bertz CT molecular complexity index is 604. The lowest BCUT2D eigenvalue weighted by molar-refractivity contribution is -0.178. The van der Waals surface area contributed by atoms with Crippen LogP contribution < -0.4 is 0 Å². The molecule has 4 aliphatic carbocycles. The molecule has 2 N–H and O–H groups in total. The number of aliphatic hydroxyl groups excluding tert-OH is 1. The van der Waals surface area contributed by atoms with E-state index in [1.807, 2.05) is 6.08 Å². The molecule has 0 aliphatic heterocycles. The van der Waals surface area contributed by atoms with Gasteiger partial charge in [-0.2, -0.15) is 0 Å². The van der Waals surface area contributed by atoms with Crippen LogP contribution in [0.1, 0.15) is 58.8 Å². The summed E-state index contributed by atoms with van der Waals surface area (Å²) < 4.78 is 0. The monoisotopic (exact) mass is 302 g/mol. The number of carbonyl (C=O) groups is 1. The average Bonchev–Trinajstić information content (AvgIpc) is 2.77. The molecule has 0 aromatic rings. The maximum absolute atomic E-state index is 12.4. The highest BCUT2D eigenvalue weighted by Gasteiger charge is 2.65. The van der Waals surface area contributed by atoms with Crippen LogP contribution in [0.15, 0.2) is 23.5 Å². The average molecular weight is 302 g/mol. The first-order chi connectivity index (χ1) is 10.3. The molecule has 22 heavy (non-hydrogen) atoms. The smallest absolute Gasteiger partial charge is 0.139 e. The fraction of sp³-hybridized carbons (Fsp3) is 0.737. The predicted molar refractivity (Wildman–Crippen MR) is 84.3 cm³/mol. The van der Waals surface area contributed by atoms with Crippen molar-refractivity contribution in [1.82, 2.24) is 0 Å². The molecule has 4 rings (SSSR count). The summed E-state index contributed by atoms with van der Waals surface area (Å²) in [6.45, 7) is 4.29. The molecule has 0 aromatic heterocycles. The van der Waals surface area contributed by atoms with Crippen molar-refractivity contribution < 1.29 is 15.0 Å². The minimum Gasteiger partial charge on any atom is -0.512 e. The van der Waals surface area contributed by atoms with Crippen molar-refractivity contribution in [3.8, 4) is 0 Å². The van der Waals surface area contributed by atoms with Gasteiger partial charge in [0.2, 0.25) is 0 Å². The maximum atomic E-state index is 12.4. The van der Waals surface area contributed by atoms with E-state index in [0.717, 1.165) is 31.3 Å². The zero-order valence-electron chi connectivity index (χ0n) is 13.6. The summed E-state index contributed by atoms with van der Waals surface area (Å²) in [6.07, 6.45) is 9.48. The third kappa shape index (κ3) is 1.53. The van der Waals surface area contributed by atoms with Crippen LogP contribution in [0.25, 0.3) is 0 Å². The number of rotatable bonds is 0. The number of fused-ring (bicyclic) bond motifs is 5. The van der Waals surface area contributed by atoms with Gasteiger partial charge in [0.15, 0.2) is 0 Å². The standard InChI is InChI=1S/C19H26O3/c1-17-9-10-19(22)15(14(17)5-6-16(17)21)4-3-12-11-13(20)7-8-18(12,19)2/h3,11,14-15,20,22H,4-10H2,1-2H3/t14-,15-,17-,18-,19+/m0/s1. The van der Waals surface area contributed by atoms with Gasteiger partial charge in [0.05, 0.1) is 11.4 Å². The van der Waals surface area contributed by atoms with Crippen molar-refractivity contribution in [1.29, 1.82) is 0 Å². The summed E-state index contributed by atoms with van der Waals surface area (Å²) in [6, 6.07) is 0. The van der Waals surface area contributed by atoms with Crippen LogP contribution in [0.4, 0.5) is 0 Å². The minimum absolute atomic E-state index is 0.181. The number of hydrogen-bond donors (Lipinski definition) is 2. The van der Waals surface area contributed by atoms with Crippen molar-refractivity contribution in [3.05, 3.63) is 23.5 Å². The van der Waals surface area contributed by atoms with Crippen LogP contribution in [0, 0.1) is 22.7 Å². The molecule has 0 radical (unpaired) electrons. The van der Waals surface area contributed by atoms with Gasteiger partial charge in [0.1, 0.15) is 5.78 Å². The largest absolute Gasteiger partial charge is 0.512 e. The van der Waals surface area contributed by atoms with E-state index in [1.54, 1.807) is 0 Å². The van der Waals surface area contributed by atoms with E-state index in [9.17, 15) is 15.0 Å². The Morgan fingerprint density at radius 3 is 2.68 bits per heavy atom. The zero-order valence-corrected chi connectivity index (χ0v) is 13.6. The molecule has 5 atom stereocenters. The topological polar surface area (TPSA) is 57.5 Å². The van der Waals surface area contributed by atoms with Crippen molar-refractivity contribution in [3.63, 3.8) is 0 Å². The lowest BCUT2D eigenvalue weighted by atomic mass is 9.46. The van der Waals surface area contributed by atoms with Gasteiger partial charge >= 0.3 is 0 Å². The molecule has 0 bridgehead atoms. The highest BCUT2D eigenvalue weighted by Crippen LogP contribution is 2.65. The maximum Gasteiger partial charge on any atom is 0.139 e. The Morgan fingerprint density at radius 2 is 1.91 bits per heavy atom. The van der Waals surface area contributed by atoms with Gasteiger partial charge in [0, 0.05) is 23.7 Å². The van der Waals surface area contributed by atoms with E-state index in [4.69, 9.17) is 0 Å². The summed E-state index contributed by atoms with van der Waals surface area (Å²) in [5.41, 5.74) is -0.133. The quantitative estimate of drug-likeness (QED) is 0.717. The summed E-state index contributed by atoms with van der Waals surface area (Å²) in [4.78, 5) is 12.4. The lowest BCUT2D eigenvalue weighted by Crippen LogP contribution is -2.62.